The molecule has 1 atom stereocenters. The highest BCUT2D eigenvalue weighted by Gasteiger charge is 2.55. The third-order valence-electron chi connectivity index (χ3n) is 3.69. The number of carbonyl (C=O) groups is 1. The van der Waals surface area contributed by atoms with E-state index in [2.05, 4.69) is 0 Å². The fourth-order valence-corrected chi connectivity index (χ4v) is 3.66. The summed E-state index contributed by atoms with van der Waals surface area (Å²) >= 11 is 0. The second-order valence-corrected chi connectivity index (χ2v) is 7.60. The Morgan fingerprint density at radius 3 is 1.65 bits per heavy atom. The maximum atomic E-state index is 11.9. The highest BCUT2D eigenvalue weighted by Crippen LogP contribution is 2.50. The average molecular weight is 278 g/mol. The lowest BCUT2D eigenvalue weighted by atomic mass is 9.57. The monoisotopic (exact) mass is 278 g/mol. The molecular formula is C17H26O3. The fraction of sp³-hybridized carbons (Fsp3) is 0.588. The quantitative estimate of drug-likeness (QED) is 0.887. The molecule has 0 aliphatic heterocycles. The SMILES string of the molecule is CC(C)(C)C(C(C)(C)C)C(O)(C(=O)O)c1ccccc1. The summed E-state index contributed by atoms with van der Waals surface area (Å²) in [6, 6.07) is 8.68. The Morgan fingerprint density at radius 1 is 0.950 bits per heavy atom. The third-order valence-corrected chi connectivity index (χ3v) is 3.69. The number of carboxylic acids is 1. The molecule has 0 aliphatic rings. The number of hydrogen-bond acceptors (Lipinski definition) is 2. The van der Waals surface area contributed by atoms with Crippen LogP contribution in [0.3, 0.4) is 0 Å². The highest BCUT2D eigenvalue weighted by atomic mass is 16.4. The second-order valence-electron chi connectivity index (χ2n) is 7.60. The molecule has 1 aromatic carbocycles. The van der Waals surface area contributed by atoms with Gasteiger partial charge in [-0.3, -0.25) is 0 Å². The fourth-order valence-electron chi connectivity index (χ4n) is 3.66. The molecule has 0 saturated heterocycles. The molecule has 3 nitrogen and oxygen atoms in total. The van der Waals surface area contributed by atoms with E-state index in [0.29, 0.717) is 5.56 Å². The molecule has 2 N–H and O–H groups in total. The van der Waals surface area contributed by atoms with Gasteiger partial charge in [-0.15, -0.1) is 0 Å². The first-order chi connectivity index (χ1) is 8.91. The lowest BCUT2D eigenvalue weighted by Gasteiger charge is -2.48. The van der Waals surface area contributed by atoms with Gasteiger partial charge in [-0.05, 0) is 16.4 Å². The Morgan fingerprint density at radius 2 is 1.35 bits per heavy atom. The van der Waals surface area contributed by atoms with E-state index in [4.69, 9.17) is 0 Å². The predicted molar refractivity (Wildman–Crippen MR) is 80.4 cm³/mol. The van der Waals surface area contributed by atoms with Gasteiger partial charge in [-0.25, -0.2) is 4.79 Å². The lowest BCUT2D eigenvalue weighted by Crippen LogP contribution is -2.53. The zero-order valence-corrected chi connectivity index (χ0v) is 13.3. The van der Waals surface area contributed by atoms with Crippen molar-refractivity contribution in [1.29, 1.82) is 0 Å². The zero-order chi connectivity index (χ0) is 15.8. The van der Waals surface area contributed by atoms with Crippen LogP contribution in [0.25, 0.3) is 0 Å². The van der Waals surface area contributed by atoms with Gasteiger partial charge in [-0.2, -0.15) is 0 Å². The summed E-state index contributed by atoms with van der Waals surface area (Å²) in [6.07, 6.45) is 0. The Balaban J connectivity index is 3.56. The van der Waals surface area contributed by atoms with Crippen molar-refractivity contribution in [1.82, 2.24) is 0 Å². The molecule has 0 spiro atoms. The normalized spacial score (nSPS) is 16.0. The molecule has 3 heteroatoms. The van der Waals surface area contributed by atoms with Crippen LogP contribution >= 0.6 is 0 Å². The van der Waals surface area contributed by atoms with Crippen LogP contribution in [-0.2, 0) is 10.4 Å². The number of aliphatic carboxylic acids is 1. The molecule has 0 saturated carbocycles. The molecule has 0 bridgehead atoms. The van der Waals surface area contributed by atoms with Crippen LogP contribution in [-0.4, -0.2) is 16.2 Å². The lowest BCUT2D eigenvalue weighted by molar-refractivity contribution is -0.183. The molecule has 20 heavy (non-hydrogen) atoms. The van der Waals surface area contributed by atoms with E-state index in [1.54, 1.807) is 24.3 Å². The van der Waals surface area contributed by atoms with Crippen LogP contribution in [0.2, 0.25) is 0 Å². The van der Waals surface area contributed by atoms with Crippen molar-refractivity contribution in [2.45, 2.75) is 47.1 Å². The van der Waals surface area contributed by atoms with Gasteiger partial charge in [0, 0.05) is 5.92 Å². The van der Waals surface area contributed by atoms with Crippen LogP contribution in [0.4, 0.5) is 0 Å². The number of aliphatic hydroxyl groups is 1. The smallest absolute Gasteiger partial charge is 0.340 e. The van der Waals surface area contributed by atoms with Gasteiger partial charge in [0.1, 0.15) is 0 Å². The third kappa shape index (κ3) is 3.04. The van der Waals surface area contributed by atoms with E-state index >= 15 is 0 Å². The van der Waals surface area contributed by atoms with Crippen molar-refractivity contribution < 1.29 is 15.0 Å². The average Bonchev–Trinajstić information content (AvgIpc) is 2.25. The topological polar surface area (TPSA) is 57.5 Å². The first kappa shape index (κ1) is 16.7. The molecule has 0 radical (unpaired) electrons. The van der Waals surface area contributed by atoms with Crippen molar-refractivity contribution in [3.05, 3.63) is 35.9 Å². The van der Waals surface area contributed by atoms with Crippen molar-refractivity contribution in [2.75, 3.05) is 0 Å². The molecule has 0 aliphatic carbocycles. The summed E-state index contributed by atoms with van der Waals surface area (Å²) in [5.41, 5.74) is -2.19. The van der Waals surface area contributed by atoms with Gasteiger partial charge in [0.15, 0.2) is 5.60 Å². The van der Waals surface area contributed by atoms with Crippen LogP contribution in [0, 0.1) is 16.7 Å². The summed E-state index contributed by atoms with van der Waals surface area (Å²) < 4.78 is 0. The highest BCUT2D eigenvalue weighted by molar-refractivity contribution is 5.80. The molecular weight excluding hydrogens is 252 g/mol. The Bertz CT molecular complexity index is 451. The predicted octanol–water partition coefficient (Wildman–Crippen LogP) is 3.67. The molecule has 1 aromatic rings. The van der Waals surface area contributed by atoms with Crippen LogP contribution < -0.4 is 0 Å². The van der Waals surface area contributed by atoms with E-state index in [1.807, 2.05) is 47.6 Å². The van der Waals surface area contributed by atoms with E-state index in [0.717, 1.165) is 0 Å². The molecule has 1 rings (SSSR count). The van der Waals surface area contributed by atoms with Crippen LogP contribution in [0.5, 0.6) is 0 Å². The molecule has 0 fully saturated rings. The van der Waals surface area contributed by atoms with Gasteiger partial charge < -0.3 is 10.2 Å². The molecule has 0 heterocycles. The van der Waals surface area contributed by atoms with E-state index in [1.165, 1.54) is 0 Å². The van der Waals surface area contributed by atoms with E-state index in [-0.39, 0.29) is 10.8 Å². The molecule has 112 valence electrons. The Kier molecular flexibility index (Phi) is 4.35. The minimum Gasteiger partial charge on any atom is -0.479 e. The molecule has 0 aromatic heterocycles. The van der Waals surface area contributed by atoms with Crippen LogP contribution in [0.15, 0.2) is 30.3 Å². The maximum Gasteiger partial charge on any atom is 0.340 e. The summed E-state index contributed by atoms with van der Waals surface area (Å²) in [7, 11) is 0. The number of carboxylic acid groups (broad SMARTS) is 1. The summed E-state index contributed by atoms with van der Waals surface area (Å²) in [4.78, 5) is 11.9. The number of rotatable bonds is 3. The van der Waals surface area contributed by atoms with Gasteiger partial charge >= 0.3 is 5.97 Å². The molecule has 1 unspecified atom stereocenters. The number of benzene rings is 1. The first-order valence-electron chi connectivity index (χ1n) is 6.93. The van der Waals surface area contributed by atoms with Crippen molar-refractivity contribution in [2.24, 2.45) is 16.7 Å². The van der Waals surface area contributed by atoms with Gasteiger partial charge in [0.2, 0.25) is 0 Å². The first-order valence-corrected chi connectivity index (χ1v) is 6.93. The van der Waals surface area contributed by atoms with Crippen molar-refractivity contribution >= 4 is 5.97 Å². The largest absolute Gasteiger partial charge is 0.479 e. The van der Waals surface area contributed by atoms with E-state index in [9.17, 15) is 15.0 Å². The Labute approximate surface area is 121 Å². The minimum atomic E-state index is -1.90. The summed E-state index contributed by atoms with van der Waals surface area (Å²) in [5, 5.41) is 20.8. The van der Waals surface area contributed by atoms with Gasteiger partial charge in [0.05, 0.1) is 0 Å². The second kappa shape index (κ2) is 5.21. The molecule has 0 amide bonds. The van der Waals surface area contributed by atoms with Gasteiger partial charge in [-0.1, -0.05) is 71.9 Å². The van der Waals surface area contributed by atoms with Crippen molar-refractivity contribution in [3.8, 4) is 0 Å². The summed E-state index contributed by atoms with van der Waals surface area (Å²) in [6.45, 7) is 11.8. The van der Waals surface area contributed by atoms with Crippen LogP contribution in [0.1, 0.15) is 47.1 Å². The maximum absolute atomic E-state index is 11.9. The van der Waals surface area contributed by atoms with E-state index < -0.39 is 17.5 Å². The Hall–Kier alpha value is -1.35. The number of hydrogen-bond donors (Lipinski definition) is 2. The van der Waals surface area contributed by atoms with Gasteiger partial charge in [0.25, 0.3) is 0 Å². The summed E-state index contributed by atoms with van der Waals surface area (Å²) in [5.74, 6) is -1.64. The zero-order valence-electron chi connectivity index (χ0n) is 13.3. The standard InChI is InChI=1S/C17H26O3/c1-15(2,3)13(16(4,5)6)17(20,14(18)19)12-10-8-7-9-11-12/h7-11,13,20H,1-6H3,(H,18,19). The van der Waals surface area contributed by atoms with Crippen molar-refractivity contribution in [3.63, 3.8) is 0 Å². The minimum absolute atomic E-state index is 0.360.